The standard InChI is InChI=1S/C12H17NO2.C7H8O3S/c1-10(13)12(14)15-9-5-8-11-6-3-2-4-7-11;1-6-2-4-7(5-3-6)11(8,9)10/h2-4,6-7,10H,5,8-9,13H2,1H3;2-5H,1H3,(H,8,9,10)/t10-;/m0./s1. The minimum absolute atomic E-state index is 0.0666. The molecule has 0 spiro atoms. The zero-order chi connectivity index (χ0) is 19.6. The molecule has 0 aromatic heterocycles. The molecule has 0 aliphatic carbocycles. The topological polar surface area (TPSA) is 107 Å². The smallest absolute Gasteiger partial charge is 0.322 e. The molecule has 0 saturated heterocycles. The number of ether oxygens (including phenoxy) is 1. The van der Waals surface area contributed by atoms with Crippen molar-refractivity contribution in [3.8, 4) is 0 Å². The van der Waals surface area contributed by atoms with Crippen molar-refractivity contribution < 1.29 is 22.5 Å². The molecule has 6 nitrogen and oxygen atoms in total. The minimum Gasteiger partial charge on any atom is -0.465 e. The van der Waals surface area contributed by atoms with E-state index in [1.807, 2.05) is 25.1 Å². The van der Waals surface area contributed by atoms with Crippen LogP contribution in [-0.2, 0) is 26.1 Å². The number of rotatable bonds is 6. The Hall–Kier alpha value is -2.22. The van der Waals surface area contributed by atoms with E-state index in [2.05, 4.69) is 12.1 Å². The van der Waals surface area contributed by atoms with E-state index in [0.717, 1.165) is 18.4 Å². The monoisotopic (exact) mass is 379 g/mol. The number of nitrogens with two attached hydrogens (primary N) is 1. The second-order valence-corrected chi connectivity index (χ2v) is 7.25. The number of hydrogen-bond acceptors (Lipinski definition) is 5. The molecule has 0 fully saturated rings. The number of esters is 1. The molecule has 2 rings (SSSR count). The van der Waals surface area contributed by atoms with Crippen LogP contribution < -0.4 is 5.73 Å². The van der Waals surface area contributed by atoms with Crippen molar-refractivity contribution in [2.75, 3.05) is 6.61 Å². The number of benzene rings is 2. The summed E-state index contributed by atoms with van der Waals surface area (Å²) in [5.41, 5.74) is 7.57. The molecule has 0 aliphatic rings. The predicted octanol–water partition coefficient (Wildman–Crippen LogP) is 2.75. The molecule has 2 aromatic rings. The molecule has 0 bridgehead atoms. The molecule has 0 saturated carbocycles. The second kappa shape index (κ2) is 10.7. The number of carbonyl (C=O) groups is 1. The molecular formula is C19H25NO5S. The molecule has 0 unspecified atom stereocenters. The fourth-order valence-electron chi connectivity index (χ4n) is 1.94. The molecule has 142 valence electrons. The van der Waals surface area contributed by atoms with Crippen LogP contribution in [0.15, 0.2) is 59.5 Å². The predicted molar refractivity (Wildman–Crippen MR) is 100 cm³/mol. The number of aryl methyl sites for hydroxylation is 2. The van der Waals surface area contributed by atoms with Crippen molar-refractivity contribution in [1.82, 2.24) is 0 Å². The first-order valence-corrected chi connectivity index (χ1v) is 9.64. The van der Waals surface area contributed by atoms with Gasteiger partial charge in [0.2, 0.25) is 0 Å². The molecule has 7 heteroatoms. The molecular weight excluding hydrogens is 354 g/mol. The molecule has 0 radical (unpaired) electrons. The van der Waals surface area contributed by atoms with Gasteiger partial charge in [-0.25, -0.2) is 0 Å². The molecule has 1 atom stereocenters. The van der Waals surface area contributed by atoms with Crippen molar-refractivity contribution in [2.24, 2.45) is 5.73 Å². The molecule has 3 N–H and O–H groups in total. The van der Waals surface area contributed by atoms with Gasteiger partial charge in [0.15, 0.2) is 0 Å². The third kappa shape index (κ3) is 8.75. The Morgan fingerprint density at radius 2 is 1.69 bits per heavy atom. The van der Waals surface area contributed by atoms with Crippen LogP contribution in [0.3, 0.4) is 0 Å². The van der Waals surface area contributed by atoms with Crippen LogP contribution in [-0.4, -0.2) is 31.6 Å². The van der Waals surface area contributed by atoms with Crippen molar-refractivity contribution in [1.29, 1.82) is 0 Å². The minimum atomic E-state index is -4.02. The molecule has 26 heavy (non-hydrogen) atoms. The first-order valence-electron chi connectivity index (χ1n) is 8.20. The van der Waals surface area contributed by atoms with Crippen LogP contribution in [0.4, 0.5) is 0 Å². The summed E-state index contributed by atoms with van der Waals surface area (Å²) < 4.78 is 34.5. The summed E-state index contributed by atoms with van der Waals surface area (Å²) in [6, 6.07) is 15.6. The van der Waals surface area contributed by atoms with Crippen LogP contribution in [0, 0.1) is 6.92 Å². The summed E-state index contributed by atoms with van der Waals surface area (Å²) in [6.45, 7) is 3.91. The third-order valence-electron chi connectivity index (χ3n) is 3.39. The summed E-state index contributed by atoms with van der Waals surface area (Å²) in [4.78, 5) is 10.9. The van der Waals surface area contributed by atoms with Crippen LogP contribution in [0.25, 0.3) is 0 Å². The highest BCUT2D eigenvalue weighted by atomic mass is 32.2. The lowest BCUT2D eigenvalue weighted by molar-refractivity contribution is -0.144. The van der Waals surface area contributed by atoms with E-state index in [0.29, 0.717) is 6.61 Å². The zero-order valence-corrected chi connectivity index (χ0v) is 15.8. The Balaban J connectivity index is 0.000000273. The van der Waals surface area contributed by atoms with Gasteiger partial charge in [0, 0.05) is 0 Å². The van der Waals surface area contributed by atoms with Crippen LogP contribution in [0.5, 0.6) is 0 Å². The third-order valence-corrected chi connectivity index (χ3v) is 4.26. The van der Waals surface area contributed by atoms with E-state index in [4.69, 9.17) is 15.0 Å². The summed E-state index contributed by atoms with van der Waals surface area (Å²) in [7, 11) is -4.02. The SMILES string of the molecule is C[C@H](N)C(=O)OCCCc1ccccc1.Cc1ccc(S(=O)(=O)O)cc1. The lowest BCUT2D eigenvalue weighted by Crippen LogP contribution is -2.29. The first-order chi connectivity index (χ1) is 12.2. The van der Waals surface area contributed by atoms with E-state index in [-0.39, 0.29) is 10.9 Å². The molecule has 0 aliphatic heterocycles. The zero-order valence-electron chi connectivity index (χ0n) is 15.0. The second-order valence-electron chi connectivity index (χ2n) is 5.83. The van der Waals surface area contributed by atoms with Gasteiger partial charge in [-0.05, 0) is 44.4 Å². The van der Waals surface area contributed by atoms with Gasteiger partial charge in [0.1, 0.15) is 6.04 Å². The summed E-state index contributed by atoms with van der Waals surface area (Å²) in [6.07, 6.45) is 1.76. The molecule has 0 amide bonds. The number of carbonyl (C=O) groups excluding carboxylic acids is 1. The van der Waals surface area contributed by atoms with Gasteiger partial charge in [-0.2, -0.15) is 8.42 Å². The van der Waals surface area contributed by atoms with Crippen molar-refractivity contribution >= 4 is 16.1 Å². The van der Waals surface area contributed by atoms with Gasteiger partial charge in [0.25, 0.3) is 10.1 Å². The van der Waals surface area contributed by atoms with E-state index in [9.17, 15) is 13.2 Å². The maximum Gasteiger partial charge on any atom is 0.322 e. The average molecular weight is 379 g/mol. The van der Waals surface area contributed by atoms with Crippen molar-refractivity contribution in [3.05, 3.63) is 65.7 Å². The van der Waals surface area contributed by atoms with Gasteiger partial charge in [-0.1, -0.05) is 48.0 Å². The van der Waals surface area contributed by atoms with Crippen LogP contribution >= 0.6 is 0 Å². The summed E-state index contributed by atoms with van der Waals surface area (Å²) >= 11 is 0. The van der Waals surface area contributed by atoms with Crippen molar-refractivity contribution in [3.63, 3.8) is 0 Å². The van der Waals surface area contributed by atoms with Crippen LogP contribution in [0.1, 0.15) is 24.5 Å². The average Bonchev–Trinajstić information content (AvgIpc) is 2.59. The summed E-state index contributed by atoms with van der Waals surface area (Å²) in [5, 5.41) is 0. The van der Waals surface area contributed by atoms with E-state index in [1.165, 1.54) is 17.7 Å². The van der Waals surface area contributed by atoms with Gasteiger partial charge < -0.3 is 10.5 Å². The highest BCUT2D eigenvalue weighted by Crippen LogP contribution is 2.08. The maximum absolute atomic E-state index is 11.0. The van der Waals surface area contributed by atoms with Gasteiger partial charge in [-0.15, -0.1) is 0 Å². The fraction of sp³-hybridized carbons (Fsp3) is 0.316. The van der Waals surface area contributed by atoms with Gasteiger partial charge >= 0.3 is 5.97 Å². The fourth-order valence-corrected chi connectivity index (χ4v) is 2.42. The Morgan fingerprint density at radius 1 is 1.12 bits per heavy atom. The normalized spacial score (nSPS) is 11.8. The highest BCUT2D eigenvalue weighted by molar-refractivity contribution is 7.85. The first kappa shape index (κ1) is 21.8. The highest BCUT2D eigenvalue weighted by Gasteiger charge is 2.07. The van der Waals surface area contributed by atoms with E-state index < -0.39 is 16.2 Å². The summed E-state index contributed by atoms with van der Waals surface area (Å²) in [5.74, 6) is -0.330. The Labute approximate surface area is 154 Å². The number of hydrogen-bond donors (Lipinski definition) is 2. The largest absolute Gasteiger partial charge is 0.465 e. The van der Waals surface area contributed by atoms with E-state index >= 15 is 0 Å². The molecule has 2 aromatic carbocycles. The Morgan fingerprint density at radius 3 is 2.19 bits per heavy atom. The Kier molecular flexibility index (Phi) is 8.98. The lowest BCUT2D eigenvalue weighted by atomic mass is 10.1. The Bertz CT molecular complexity index is 771. The maximum atomic E-state index is 11.0. The molecule has 0 heterocycles. The quantitative estimate of drug-likeness (QED) is 0.454. The van der Waals surface area contributed by atoms with E-state index in [1.54, 1.807) is 19.1 Å². The van der Waals surface area contributed by atoms with Gasteiger partial charge in [0.05, 0.1) is 11.5 Å². The van der Waals surface area contributed by atoms with Gasteiger partial charge in [-0.3, -0.25) is 9.35 Å². The van der Waals surface area contributed by atoms with Crippen LogP contribution in [0.2, 0.25) is 0 Å². The van der Waals surface area contributed by atoms with Crippen molar-refractivity contribution in [2.45, 2.75) is 37.6 Å². The lowest BCUT2D eigenvalue weighted by Gasteiger charge is -2.06.